The number of piperidine rings is 1. The lowest BCUT2D eigenvalue weighted by atomic mass is 9.82. The highest BCUT2D eigenvalue weighted by Gasteiger charge is 2.39. The second-order valence-electron chi connectivity index (χ2n) is 5.42. The van der Waals surface area contributed by atoms with Crippen molar-refractivity contribution in [1.29, 1.82) is 0 Å². The molecule has 1 unspecified atom stereocenters. The van der Waals surface area contributed by atoms with Gasteiger partial charge in [0.25, 0.3) is 0 Å². The number of benzene rings is 1. The first kappa shape index (κ1) is 15.8. The maximum atomic E-state index is 13.7. The third kappa shape index (κ3) is 3.34. The number of halogens is 2. The van der Waals surface area contributed by atoms with Gasteiger partial charge in [0.15, 0.2) is 0 Å². The fourth-order valence-corrected chi connectivity index (χ4v) is 2.83. The first-order valence-electron chi connectivity index (χ1n) is 6.57. The van der Waals surface area contributed by atoms with Crippen molar-refractivity contribution in [1.82, 2.24) is 4.90 Å². The van der Waals surface area contributed by atoms with Gasteiger partial charge < -0.3 is 15.3 Å². The van der Waals surface area contributed by atoms with E-state index < -0.39 is 23.2 Å². The molecule has 7 heteroatoms. The quantitative estimate of drug-likeness (QED) is 0.851. The van der Waals surface area contributed by atoms with E-state index in [4.69, 9.17) is 0 Å². The molecule has 114 valence electrons. The smallest absolute Gasteiger partial charge is 0.321 e. The zero-order chi connectivity index (χ0) is 15.6. The summed E-state index contributed by atoms with van der Waals surface area (Å²) in [5.41, 5.74) is -0.896. The molecule has 2 N–H and O–H groups in total. The summed E-state index contributed by atoms with van der Waals surface area (Å²) in [6, 6.07) is 3.90. The number of hydrogen-bond acceptors (Lipinski definition) is 2. The zero-order valence-electron chi connectivity index (χ0n) is 11.5. The van der Waals surface area contributed by atoms with Gasteiger partial charge in [0, 0.05) is 17.6 Å². The highest BCUT2D eigenvalue weighted by atomic mass is 79.9. The number of carboxylic acids is 1. The van der Waals surface area contributed by atoms with Crippen LogP contribution in [0.15, 0.2) is 22.7 Å². The number of hydrogen-bond donors (Lipinski definition) is 2. The van der Waals surface area contributed by atoms with Crippen molar-refractivity contribution in [2.75, 3.05) is 18.4 Å². The molecule has 0 spiro atoms. The van der Waals surface area contributed by atoms with Crippen LogP contribution in [0.25, 0.3) is 0 Å². The Hall–Kier alpha value is -1.63. The molecular formula is C14H16BrFN2O3. The third-order valence-corrected chi connectivity index (χ3v) is 4.36. The maximum Gasteiger partial charge on any atom is 0.321 e. The number of urea groups is 1. The Balaban J connectivity index is 2.12. The Bertz CT molecular complexity index is 561. The summed E-state index contributed by atoms with van der Waals surface area (Å²) in [6.45, 7) is 2.19. The van der Waals surface area contributed by atoms with E-state index in [9.17, 15) is 19.1 Å². The van der Waals surface area contributed by atoms with Gasteiger partial charge in [-0.1, -0.05) is 6.07 Å². The van der Waals surface area contributed by atoms with Gasteiger partial charge in [-0.2, -0.15) is 0 Å². The summed E-state index contributed by atoms with van der Waals surface area (Å²) < 4.78 is 14.1. The van der Waals surface area contributed by atoms with E-state index in [1.165, 1.54) is 17.0 Å². The van der Waals surface area contributed by atoms with Crippen molar-refractivity contribution in [3.8, 4) is 0 Å². The molecule has 0 bridgehead atoms. The van der Waals surface area contributed by atoms with Crippen molar-refractivity contribution < 1.29 is 19.1 Å². The van der Waals surface area contributed by atoms with Gasteiger partial charge in [-0.15, -0.1) is 0 Å². The number of nitrogens with one attached hydrogen (secondary N) is 1. The van der Waals surface area contributed by atoms with Crippen LogP contribution in [0.2, 0.25) is 0 Å². The lowest BCUT2D eigenvalue weighted by molar-refractivity contribution is -0.150. The molecule has 0 radical (unpaired) electrons. The van der Waals surface area contributed by atoms with E-state index in [2.05, 4.69) is 21.2 Å². The summed E-state index contributed by atoms with van der Waals surface area (Å²) in [7, 11) is 0. The molecule has 2 amide bonds. The molecule has 5 nitrogen and oxygen atoms in total. The molecule has 21 heavy (non-hydrogen) atoms. The van der Waals surface area contributed by atoms with Crippen LogP contribution in [0, 0.1) is 11.2 Å². The Morgan fingerprint density at radius 3 is 2.81 bits per heavy atom. The van der Waals surface area contributed by atoms with Crippen LogP contribution in [0.1, 0.15) is 19.8 Å². The van der Waals surface area contributed by atoms with E-state index >= 15 is 0 Å². The lowest BCUT2D eigenvalue weighted by Gasteiger charge is -2.37. The highest BCUT2D eigenvalue weighted by molar-refractivity contribution is 9.10. The van der Waals surface area contributed by atoms with Crippen molar-refractivity contribution in [2.45, 2.75) is 19.8 Å². The Kier molecular flexibility index (Phi) is 4.51. The number of carbonyl (C=O) groups is 2. The van der Waals surface area contributed by atoms with E-state index in [1.54, 1.807) is 13.0 Å². The number of para-hydroxylation sites is 1. The number of carbonyl (C=O) groups excluding carboxylic acids is 1. The van der Waals surface area contributed by atoms with Crippen LogP contribution in [0.4, 0.5) is 14.9 Å². The average molecular weight is 359 g/mol. The first-order chi connectivity index (χ1) is 9.83. The van der Waals surface area contributed by atoms with E-state index in [0.717, 1.165) is 0 Å². The van der Waals surface area contributed by atoms with Gasteiger partial charge in [-0.25, -0.2) is 9.18 Å². The van der Waals surface area contributed by atoms with Crippen LogP contribution < -0.4 is 5.32 Å². The predicted molar refractivity (Wildman–Crippen MR) is 79.7 cm³/mol. The Labute approximate surface area is 130 Å². The standard InChI is InChI=1S/C14H16BrFN2O3/c1-14(12(19)20)6-3-7-18(8-14)13(21)17-11-9(15)4-2-5-10(11)16/h2,4-5H,3,6-8H2,1H3,(H,17,21)(H,19,20). The summed E-state index contributed by atoms with van der Waals surface area (Å²) in [5, 5.41) is 11.7. The number of aliphatic carboxylic acids is 1. The molecule has 0 aromatic heterocycles. The second-order valence-corrected chi connectivity index (χ2v) is 6.27. The number of nitrogens with zero attached hydrogens (tertiary/aromatic N) is 1. The molecular weight excluding hydrogens is 343 g/mol. The number of anilines is 1. The minimum atomic E-state index is -0.956. The van der Waals surface area contributed by atoms with Crippen LogP contribution in [-0.2, 0) is 4.79 Å². The maximum absolute atomic E-state index is 13.7. The van der Waals surface area contributed by atoms with Gasteiger partial charge in [0.2, 0.25) is 0 Å². The molecule has 0 aliphatic carbocycles. The van der Waals surface area contributed by atoms with E-state index in [0.29, 0.717) is 23.9 Å². The highest BCUT2D eigenvalue weighted by Crippen LogP contribution is 2.31. The number of rotatable bonds is 2. The molecule has 2 rings (SSSR count). The molecule has 1 heterocycles. The monoisotopic (exact) mass is 358 g/mol. The van der Waals surface area contributed by atoms with Crippen molar-refractivity contribution >= 4 is 33.6 Å². The van der Waals surface area contributed by atoms with Crippen molar-refractivity contribution in [3.63, 3.8) is 0 Å². The summed E-state index contributed by atoms with van der Waals surface area (Å²) >= 11 is 3.18. The van der Waals surface area contributed by atoms with Gasteiger partial charge in [-0.3, -0.25) is 4.79 Å². The minimum absolute atomic E-state index is 0.0603. The number of amides is 2. The predicted octanol–water partition coefficient (Wildman–Crippen LogP) is 3.31. The topological polar surface area (TPSA) is 69.6 Å². The fraction of sp³-hybridized carbons (Fsp3) is 0.429. The van der Waals surface area contributed by atoms with Gasteiger partial charge >= 0.3 is 12.0 Å². The average Bonchev–Trinajstić information content (AvgIpc) is 2.43. The van der Waals surface area contributed by atoms with Crippen LogP contribution in [0.3, 0.4) is 0 Å². The zero-order valence-corrected chi connectivity index (χ0v) is 13.1. The largest absolute Gasteiger partial charge is 0.481 e. The molecule has 1 aromatic rings. The second kappa shape index (κ2) is 6.01. The SMILES string of the molecule is CC1(C(=O)O)CCCN(C(=O)Nc2c(F)cccc2Br)C1. The van der Waals surface area contributed by atoms with Crippen LogP contribution >= 0.6 is 15.9 Å². The minimum Gasteiger partial charge on any atom is -0.481 e. The first-order valence-corrected chi connectivity index (χ1v) is 7.36. The Morgan fingerprint density at radius 1 is 1.48 bits per heavy atom. The third-order valence-electron chi connectivity index (χ3n) is 3.69. The molecule has 0 saturated carbocycles. The van der Waals surface area contributed by atoms with Crippen molar-refractivity contribution in [2.24, 2.45) is 5.41 Å². The lowest BCUT2D eigenvalue weighted by Crippen LogP contribution is -2.49. The molecule has 1 aliphatic heterocycles. The number of likely N-dealkylation sites (tertiary alicyclic amines) is 1. The molecule has 1 fully saturated rings. The molecule has 1 aliphatic rings. The van der Waals surface area contributed by atoms with Gasteiger partial charge in [-0.05, 0) is 47.8 Å². The van der Waals surface area contributed by atoms with Gasteiger partial charge in [0.05, 0.1) is 11.1 Å². The molecule has 1 atom stereocenters. The number of carboxylic acid groups (broad SMARTS) is 1. The van der Waals surface area contributed by atoms with E-state index in [-0.39, 0.29) is 12.2 Å². The summed E-state index contributed by atoms with van der Waals surface area (Å²) in [4.78, 5) is 24.9. The van der Waals surface area contributed by atoms with Crippen molar-refractivity contribution in [3.05, 3.63) is 28.5 Å². The Morgan fingerprint density at radius 2 is 2.19 bits per heavy atom. The van der Waals surface area contributed by atoms with Gasteiger partial charge in [0.1, 0.15) is 5.82 Å². The van der Waals surface area contributed by atoms with Crippen LogP contribution in [0.5, 0.6) is 0 Å². The van der Waals surface area contributed by atoms with Crippen LogP contribution in [-0.4, -0.2) is 35.1 Å². The normalized spacial score (nSPS) is 22.0. The van der Waals surface area contributed by atoms with E-state index in [1.807, 2.05) is 0 Å². The summed E-state index contributed by atoms with van der Waals surface area (Å²) in [6.07, 6.45) is 1.13. The molecule has 1 saturated heterocycles. The fourth-order valence-electron chi connectivity index (χ4n) is 2.39. The molecule has 1 aromatic carbocycles. The summed E-state index contributed by atoms with van der Waals surface area (Å²) in [5.74, 6) is -1.47.